The molecule has 0 bridgehead atoms. The summed E-state index contributed by atoms with van der Waals surface area (Å²) in [5, 5.41) is 12.0. The van der Waals surface area contributed by atoms with E-state index in [9.17, 15) is 9.90 Å². The molecule has 0 saturated carbocycles. The van der Waals surface area contributed by atoms with Crippen LogP contribution >= 0.6 is 11.3 Å². The zero-order valence-electron chi connectivity index (χ0n) is 30.3. The fourth-order valence-corrected chi connectivity index (χ4v) is 7.39. The second-order valence-corrected chi connectivity index (χ2v) is 15.3. The number of nitrogens with zero attached hydrogens (tertiary/aromatic N) is 3. The van der Waals surface area contributed by atoms with Crippen molar-refractivity contribution in [3.05, 3.63) is 77.4 Å². The molecule has 7 heteroatoms. The molecule has 3 aromatic heterocycles. The van der Waals surface area contributed by atoms with E-state index in [0.29, 0.717) is 5.92 Å². The van der Waals surface area contributed by atoms with E-state index in [4.69, 9.17) is 9.97 Å². The fraction of sp³-hybridized carbons (Fsp3) is 0.463. The minimum atomic E-state index is 0. The minimum Gasteiger partial charge on any atom is -0.512 e. The maximum atomic E-state index is 11.7. The fourth-order valence-electron chi connectivity index (χ4n) is 6.16. The number of carbonyl (C=O) groups is 1. The van der Waals surface area contributed by atoms with Crippen LogP contribution in [0.1, 0.15) is 111 Å². The van der Waals surface area contributed by atoms with E-state index in [2.05, 4.69) is 82.1 Å². The van der Waals surface area contributed by atoms with Crippen molar-refractivity contribution in [2.45, 2.75) is 107 Å². The summed E-state index contributed by atoms with van der Waals surface area (Å²) >= 11 is 1.78. The van der Waals surface area contributed by atoms with E-state index in [1.165, 1.54) is 27.3 Å². The Morgan fingerprint density at radius 1 is 0.938 bits per heavy atom. The zero-order valence-corrected chi connectivity index (χ0v) is 33.5. The Bertz CT molecular complexity index is 1880. The Hall–Kier alpha value is -2.99. The number of aromatic nitrogens is 3. The Morgan fingerprint density at radius 2 is 1.60 bits per heavy atom. The molecule has 0 amide bonds. The molecule has 259 valence electrons. The van der Waals surface area contributed by atoms with Gasteiger partial charge >= 0.3 is 0 Å². The minimum absolute atomic E-state index is 0. The Labute approximate surface area is 305 Å². The number of hydrogen-bond acceptors (Lipinski definition) is 6. The molecule has 0 aliphatic rings. The molecule has 0 unspecified atom stereocenters. The molecule has 0 atom stereocenters. The number of carbonyl (C=O) groups excluding carboxylic acids is 1. The van der Waals surface area contributed by atoms with Crippen molar-refractivity contribution in [3.63, 3.8) is 0 Å². The van der Waals surface area contributed by atoms with Crippen LogP contribution in [0.3, 0.4) is 0 Å². The van der Waals surface area contributed by atoms with Gasteiger partial charge in [0, 0.05) is 69.7 Å². The molecule has 1 N–H and O–H groups in total. The molecule has 1 radical (unpaired) electrons. The van der Waals surface area contributed by atoms with E-state index in [1.54, 1.807) is 17.7 Å². The quantitative estimate of drug-likeness (QED) is 0.0861. The number of aliphatic hydroxyl groups is 1. The average molecular weight is 843 g/mol. The molecule has 0 fully saturated rings. The first-order valence-corrected chi connectivity index (χ1v) is 18.1. The molecule has 3 heterocycles. The van der Waals surface area contributed by atoms with E-state index in [1.807, 2.05) is 34.6 Å². The maximum Gasteiger partial charge on any atom is 0.162 e. The molecule has 0 saturated heterocycles. The summed E-state index contributed by atoms with van der Waals surface area (Å²) in [6.07, 6.45) is 7.65. The van der Waals surface area contributed by atoms with Gasteiger partial charge in [-0.2, -0.15) is 0 Å². The number of rotatable bonds is 10. The maximum absolute atomic E-state index is 11.7. The summed E-state index contributed by atoms with van der Waals surface area (Å²) in [6, 6.07) is 16.8. The average Bonchev–Trinajstić information content (AvgIpc) is 3.39. The van der Waals surface area contributed by atoms with Gasteiger partial charge in [-0.15, -0.1) is 29.5 Å². The second kappa shape index (κ2) is 17.1. The summed E-state index contributed by atoms with van der Waals surface area (Å²) in [4.78, 5) is 25.9. The van der Waals surface area contributed by atoms with Crippen molar-refractivity contribution in [1.29, 1.82) is 0 Å². The van der Waals surface area contributed by atoms with E-state index < -0.39 is 0 Å². The van der Waals surface area contributed by atoms with Gasteiger partial charge in [-0.1, -0.05) is 97.0 Å². The molecule has 0 spiro atoms. The van der Waals surface area contributed by atoms with Gasteiger partial charge in [-0.3, -0.25) is 14.8 Å². The van der Waals surface area contributed by atoms with Gasteiger partial charge in [0.05, 0.1) is 11.3 Å². The predicted molar refractivity (Wildman–Crippen MR) is 200 cm³/mol. The molecule has 2 aromatic carbocycles. The van der Waals surface area contributed by atoms with Crippen LogP contribution in [-0.4, -0.2) is 25.8 Å². The largest absolute Gasteiger partial charge is 0.512 e. The Morgan fingerprint density at radius 3 is 2.21 bits per heavy atom. The molecule has 5 nitrogen and oxygen atoms in total. The molecule has 0 aliphatic carbocycles. The van der Waals surface area contributed by atoms with Crippen LogP contribution in [0.2, 0.25) is 0 Å². The first kappa shape index (κ1) is 39.4. The van der Waals surface area contributed by atoms with Crippen LogP contribution in [0, 0.1) is 30.2 Å². The van der Waals surface area contributed by atoms with Gasteiger partial charge in [0.15, 0.2) is 5.78 Å². The van der Waals surface area contributed by atoms with Crippen molar-refractivity contribution >= 4 is 48.3 Å². The van der Waals surface area contributed by atoms with Crippen LogP contribution in [-0.2, 0) is 31.3 Å². The number of benzene rings is 2. The predicted octanol–water partition coefficient (Wildman–Crippen LogP) is 11.7. The van der Waals surface area contributed by atoms with Gasteiger partial charge in [0.2, 0.25) is 0 Å². The van der Waals surface area contributed by atoms with E-state index in [0.717, 1.165) is 70.2 Å². The van der Waals surface area contributed by atoms with Crippen LogP contribution in [0.5, 0.6) is 0 Å². The van der Waals surface area contributed by atoms with E-state index >= 15 is 0 Å². The molecule has 5 rings (SSSR count). The van der Waals surface area contributed by atoms with Crippen LogP contribution in [0.4, 0.5) is 0 Å². The molecular formula is C41H52IrN3O2S-. The number of fused-ring (bicyclic) bond motifs is 4. The van der Waals surface area contributed by atoms with E-state index in [-0.39, 0.29) is 48.9 Å². The topological polar surface area (TPSA) is 76.0 Å². The first-order valence-electron chi connectivity index (χ1n) is 17.2. The van der Waals surface area contributed by atoms with Gasteiger partial charge in [0.1, 0.15) is 6.33 Å². The van der Waals surface area contributed by atoms with Gasteiger partial charge in [0.25, 0.3) is 0 Å². The van der Waals surface area contributed by atoms with Crippen molar-refractivity contribution in [3.8, 4) is 11.3 Å². The first-order chi connectivity index (χ1) is 22.3. The van der Waals surface area contributed by atoms with Crippen LogP contribution < -0.4 is 0 Å². The summed E-state index contributed by atoms with van der Waals surface area (Å²) in [5.74, 6) is 0.908. The number of hydrogen-bond donors (Lipinski definition) is 1. The van der Waals surface area contributed by atoms with Crippen molar-refractivity contribution in [2.24, 2.45) is 17.3 Å². The number of aryl methyl sites for hydroxylation is 1. The van der Waals surface area contributed by atoms with Gasteiger partial charge < -0.3 is 5.11 Å². The SMILES string of the molecule is CCC(CC)C(=O)/C=C(\O)C(CC)CC.Cc1ccc2[c-]c(-c3ncnc4c3sc3cc(CC(C)(C)C)ccc34)cc(C(C)C)c2n1.[Ir]. The smallest absolute Gasteiger partial charge is 0.162 e. The Balaban J connectivity index is 0.000000334. The molecule has 5 aromatic rings. The third-order valence-electron chi connectivity index (χ3n) is 8.89. The Kier molecular flexibility index (Phi) is 14.0. The molecule has 0 aliphatic heterocycles. The summed E-state index contributed by atoms with van der Waals surface area (Å²) in [6.45, 7) is 21.4. The summed E-state index contributed by atoms with van der Waals surface area (Å²) in [5.41, 5.74) is 7.93. The second-order valence-electron chi connectivity index (χ2n) is 14.2. The van der Waals surface area contributed by atoms with Crippen molar-refractivity contribution in [1.82, 2.24) is 15.0 Å². The molecule has 48 heavy (non-hydrogen) atoms. The van der Waals surface area contributed by atoms with Gasteiger partial charge in [-0.25, -0.2) is 4.98 Å². The monoisotopic (exact) mass is 843 g/mol. The van der Waals surface area contributed by atoms with Crippen LogP contribution in [0.25, 0.3) is 42.5 Å². The zero-order chi connectivity index (χ0) is 34.5. The third-order valence-corrected chi connectivity index (χ3v) is 10.0. The van der Waals surface area contributed by atoms with Gasteiger partial charge in [-0.05, 0) is 62.0 Å². The van der Waals surface area contributed by atoms with Crippen molar-refractivity contribution < 1.29 is 30.0 Å². The summed E-state index contributed by atoms with van der Waals surface area (Å²) in [7, 11) is 0. The van der Waals surface area contributed by atoms with Crippen LogP contribution in [0.15, 0.2) is 54.6 Å². The third kappa shape index (κ3) is 9.37. The number of thiophene rings is 1. The number of pyridine rings is 1. The van der Waals surface area contributed by atoms with Crippen molar-refractivity contribution in [2.75, 3.05) is 0 Å². The molecular weight excluding hydrogens is 791 g/mol. The number of ketones is 1. The normalized spacial score (nSPS) is 12.2. The summed E-state index contributed by atoms with van der Waals surface area (Å²) < 4.78 is 2.39. The number of allylic oxidation sites excluding steroid dienone is 2. The standard InChI is InChI=1S/C28H28N3S.C13H24O2.Ir/c1-16(2)22-13-20(12-19-9-7-17(3)31-24(19)22)25-27-26(30-15-29-25)21-10-8-18(11-23(21)32-27)14-28(4,5)6;1-5-10(6-2)12(14)9-13(15)11(7-3)8-4;/h7-11,13,15-16H,14H2,1-6H3;9-11,14H,5-8H2,1-4H3;/q-1;;/b;12-9-;. The number of aliphatic hydroxyl groups excluding tert-OH is 1.